The standard InChI is InChI=1S/C5H11NO/c1-4-5(6)2-3-7-4/h4-5H,2-3,6H2,1H3/t4-,5+/m1/s1. The predicted molar refractivity (Wildman–Crippen MR) is 28.0 cm³/mol. The molecule has 0 aromatic heterocycles. The van der Waals surface area contributed by atoms with Crippen molar-refractivity contribution in [2.24, 2.45) is 5.73 Å². The largest absolute Gasteiger partial charge is 0.377 e. The molecule has 0 spiro atoms. The van der Waals surface area contributed by atoms with Crippen LogP contribution >= 0.6 is 0 Å². The second-order valence-electron chi connectivity index (χ2n) is 2.03. The van der Waals surface area contributed by atoms with Crippen LogP contribution in [-0.2, 0) is 4.74 Å². The molecule has 1 aliphatic heterocycles. The van der Waals surface area contributed by atoms with Crippen LogP contribution < -0.4 is 5.73 Å². The Morgan fingerprint density at radius 2 is 2.43 bits per heavy atom. The molecule has 2 N–H and O–H groups in total. The summed E-state index contributed by atoms with van der Waals surface area (Å²) in [7, 11) is 0. The molecule has 2 nitrogen and oxygen atoms in total. The number of hydrogen-bond donors (Lipinski definition) is 1. The Balaban J connectivity index is 2.33. The zero-order chi connectivity index (χ0) is 5.28. The van der Waals surface area contributed by atoms with Crippen molar-refractivity contribution < 1.29 is 4.74 Å². The molecular weight excluding hydrogens is 90.1 g/mol. The third-order valence-corrected chi connectivity index (χ3v) is 1.43. The summed E-state index contributed by atoms with van der Waals surface area (Å²) in [5.41, 5.74) is 5.55. The molecule has 7 heavy (non-hydrogen) atoms. The fourth-order valence-electron chi connectivity index (χ4n) is 0.748. The molecular formula is C5H11NO. The second-order valence-corrected chi connectivity index (χ2v) is 2.03. The van der Waals surface area contributed by atoms with Gasteiger partial charge in [-0.3, -0.25) is 0 Å². The molecule has 0 bridgehead atoms. The van der Waals surface area contributed by atoms with Crippen LogP contribution in [-0.4, -0.2) is 18.8 Å². The van der Waals surface area contributed by atoms with Gasteiger partial charge in [-0.1, -0.05) is 0 Å². The van der Waals surface area contributed by atoms with Crippen LogP contribution in [0.1, 0.15) is 13.3 Å². The van der Waals surface area contributed by atoms with Gasteiger partial charge in [0.2, 0.25) is 0 Å². The lowest BCUT2D eigenvalue weighted by atomic mass is 10.2. The molecule has 42 valence electrons. The Bertz CT molecular complexity index is 57.1. The van der Waals surface area contributed by atoms with Crippen LogP contribution in [0.3, 0.4) is 0 Å². The van der Waals surface area contributed by atoms with Gasteiger partial charge >= 0.3 is 0 Å². The van der Waals surface area contributed by atoms with E-state index in [1.807, 2.05) is 6.92 Å². The maximum Gasteiger partial charge on any atom is 0.0698 e. The van der Waals surface area contributed by atoms with Crippen molar-refractivity contribution in [3.63, 3.8) is 0 Å². The van der Waals surface area contributed by atoms with Gasteiger partial charge in [-0.05, 0) is 13.3 Å². The van der Waals surface area contributed by atoms with E-state index in [4.69, 9.17) is 10.5 Å². The van der Waals surface area contributed by atoms with Gasteiger partial charge in [0, 0.05) is 12.6 Å². The first-order valence-corrected chi connectivity index (χ1v) is 2.68. The Morgan fingerprint density at radius 1 is 1.71 bits per heavy atom. The van der Waals surface area contributed by atoms with E-state index >= 15 is 0 Å². The molecule has 0 amide bonds. The molecule has 1 fully saturated rings. The van der Waals surface area contributed by atoms with E-state index in [1.54, 1.807) is 0 Å². The molecule has 0 aromatic rings. The molecule has 1 aliphatic rings. The highest BCUT2D eigenvalue weighted by atomic mass is 16.5. The van der Waals surface area contributed by atoms with E-state index in [9.17, 15) is 0 Å². The van der Waals surface area contributed by atoms with Gasteiger partial charge in [-0.2, -0.15) is 0 Å². The number of ether oxygens (including phenoxy) is 1. The average Bonchev–Trinajstić information content (AvgIpc) is 1.91. The summed E-state index contributed by atoms with van der Waals surface area (Å²) in [6.45, 7) is 2.86. The first-order valence-electron chi connectivity index (χ1n) is 2.68. The Labute approximate surface area is 43.6 Å². The summed E-state index contributed by atoms with van der Waals surface area (Å²) < 4.78 is 5.14. The predicted octanol–water partition coefficient (Wildman–Crippen LogP) is 0.123. The molecule has 0 aliphatic carbocycles. The zero-order valence-corrected chi connectivity index (χ0v) is 4.55. The van der Waals surface area contributed by atoms with Crippen molar-refractivity contribution in [3.8, 4) is 0 Å². The van der Waals surface area contributed by atoms with Gasteiger partial charge in [-0.15, -0.1) is 0 Å². The van der Waals surface area contributed by atoms with E-state index < -0.39 is 0 Å². The molecule has 1 rings (SSSR count). The molecule has 2 heteroatoms. The van der Waals surface area contributed by atoms with Crippen LogP contribution in [0.4, 0.5) is 0 Å². The zero-order valence-electron chi connectivity index (χ0n) is 4.55. The smallest absolute Gasteiger partial charge is 0.0698 e. The highest BCUT2D eigenvalue weighted by Gasteiger charge is 2.18. The van der Waals surface area contributed by atoms with Crippen LogP contribution in [0.5, 0.6) is 0 Å². The van der Waals surface area contributed by atoms with Crippen molar-refractivity contribution in [3.05, 3.63) is 0 Å². The third kappa shape index (κ3) is 0.924. The van der Waals surface area contributed by atoms with Crippen LogP contribution in [0, 0.1) is 0 Å². The quantitative estimate of drug-likeness (QED) is 0.470. The third-order valence-electron chi connectivity index (χ3n) is 1.43. The van der Waals surface area contributed by atoms with Crippen molar-refractivity contribution in [2.75, 3.05) is 6.61 Å². The molecule has 1 saturated heterocycles. The number of hydrogen-bond acceptors (Lipinski definition) is 2. The fraction of sp³-hybridized carbons (Fsp3) is 1.00. The van der Waals surface area contributed by atoms with Crippen LogP contribution in [0.2, 0.25) is 0 Å². The first-order chi connectivity index (χ1) is 3.30. The summed E-state index contributed by atoms with van der Waals surface area (Å²) >= 11 is 0. The van der Waals surface area contributed by atoms with Crippen LogP contribution in [0.25, 0.3) is 0 Å². The lowest BCUT2D eigenvalue weighted by Gasteiger charge is -2.04. The summed E-state index contributed by atoms with van der Waals surface area (Å²) in [5, 5.41) is 0. The van der Waals surface area contributed by atoms with Crippen molar-refractivity contribution in [2.45, 2.75) is 25.5 Å². The monoisotopic (exact) mass is 101 g/mol. The number of rotatable bonds is 0. The van der Waals surface area contributed by atoms with Gasteiger partial charge < -0.3 is 10.5 Å². The molecule has 2 atom stereocenters. The van der Waals surface area contributed by atoms with Gasteiger partial charge in [0.1, 0.15) is 0 Å². The van der Waals surface area contributed by atoms with Gasteiger partial charge in [0.25, 0.3) is 0 Å². The minimum atomic E-state index is 0.292. The summed E-state index contributed by atoms with van der Waals surface area (Å²) in [4.78, 5) is 0. The highest BCUT2D eigenvalue weighted by Crippen LogP contribution is 2.08. The van der Waals surface area contributed by atoms with Gasteiger partial charge in [0.05, 0.1) is 6.10 Å². The SMILES string of the molecule is C[C@H]1OCC[C@@H]1N. The normalized spacial score (nSPS) is 42.0. The van der Waals surface area contributed by atoms with Gasteiger partial charge in [-0.25, -0.2) is 0 Å². The first kappa shape index (κ1) is 5.06. The molecule has 0 unspecified atom stereocenters. The topological polar surface area (TPSA) is 35.2 Å². The minimum Gasteiger partial charge on any atom is -0.377 e. The van der Waals surface area contributed by atoms with Crippen LogP contribution in [0.15, 0.2) is 0 Å². The van der Waals surface area contributed by atoms with Gasteiger partial charge in [0.15, 0.2) is 0 Å². The lowest BCUT2D eigenvalue weighted by Crippen LogP contribution is -2.26. The summed E-state index contributed by atoms with van der Waals surface area (Å²) in [5.74, 6) is 0. The maximum atomic E-state index is 5.55. The van der Waals surface area contributed by atoms with E-state index in [-0.39, 0.29) is 0 Å². The molecule has 0 radical (unpaired) electrons. The van der Waals surface area contributed by atoms with Crippen molar-refractivity contribution in [1.29, 1.82) is 0 Å². The maximum absolute atomic E-state index is 5.55. The average molecular weight is 101 g/mol. The molecule has 1 heterocycles. The molecule has 0 saturated carbocycles. The Morgan fingerprint density at radius 3 is 2.57 bits per heavy atom. The second kappa shape index (κ2) is 1.80. The lowest BCUT2D eigenvalue weighted by molar-refractivity contribution is 0.119. The van der Waals surface area contributed by atoms with Crippen molar-refractivity contribution >= 4 is 0 Å². The summed E-state index contributed by atoms with van der Waals surface area (Å²) in [6, 6.07) is 0.292. The number of nitrogens with two attached hydrogens (primary N) is 1. The fourth-order valence-corrected chi connectivity index (χ4v) is 0.748. The van der Waals surface area contributed by atoms with Crippen molar-refractivity contribution in [1.82, 2.24) is 0 Å². The molecule has 0 aromatic carbocycles. The minimum absolute atomic E-state index is 0.292. The van der Waals surface area contributed by atoms with E-state index in [1.165, 1.54) is 0 Å². The highest BCUT2D eigenvalue weighted by molar-refractivity contribution is 4.74. The van der Waals surface area contributed by atoms with E-state index in [2.05, 4.69) is 0 Å². The summed E-state index contributed by atoms with van der Waals surface area (Å²) in [6.07, 6.45) is 1.32. The Kier molecular flexibility index (Phi) is 1.30. The van der Waals surface area contributed by atoms with E-state index in [0.717, 1.165) is 13.0 Å². The Hall–Kier alpha value is -0.0800. The van der Waals surface area contributed by atoms with E-state index in [0.29, 0.717) is 12.1 Å².